The predicted octanol–water partition coefficient (Wildman–Crippen LogP) is 3.43. The molecule has 0 aliphatic heterocycles. The molecule has 0 saturated heterocycles. The summed E-state index contributed by atoms with van der Waals surface area (Å²) in [6.07, 6.45) is 0. The highest BCUT2D eigenvalue weighted by molar-refractivity contribution is 5.92. The van der Waals surface area contributed by atoms with E-state index < -0.39 is 0 Å². The number of nitrogens with two attached hydrogens (primary N) is 1. The molecule has 3 heteroatoms. The number of hydrogen-bond donors (Lipinski definition) is 2. The summed E-state index contributed by atoms with van der Waals surface area (Å²) in [6, 6.07) is 12.7. The minimum atomic E-state index is 0.553. The van der Waals surface area contributed by atoms with Gasteiger partial charge in [0.05, 0.1) is 5.52 Å². The molecule has 3 aromatic rings. The van der Waals surface area contributed by atoms with Gasteiger partial charge in [-0.05, 0) is 42.7 Å². The number of H-pyrrole nitrogens is 1. The first-order valence-corrected chi connectivity index (χ1v) is 5.96. The number of benzene rings is 2. The van der Waals surface area contributed by atoms with Crippen molar-refractivity contribution < 1.29 is 0 Å². The number of nitrogens with one attached hydrogen (secondary N) is 1. The molecule has 1 aromatic heterocycles. The molecular formula is C15H15N3. The SMILES string of the molecule is Cc1ccc(C)c(-c2ccc3c(N)n[nH]c3c2)c1. The van der Waals surface area contributed by atoms with Crippen LogP contribution in [0.1, 0.15) is 11.1 Å². The van der Waals surface area contributed by atoms with Crippen molar-refractivity contribution in [2.75, 3.05) is 5.73 Å². The maximum atomic E-state index is 5.78. The van der Waals surface area contributed by atoms with Gasteiger partial charge < -0.3 is 5.73 Å². The van der Waals surface area contributed by atoms with Crippen LogP contribution < -0.4 is 5.73 Å². The van der Waals surface area contributed by atoms with Gasteiger partial charge in [-0.2, -0.15) is 5.10 Å². The van der Waals surface area contributed by atoms with Gasteiger partial charge >= 0.3 is 0 Å². The molecule has 0 saturated carbocycles. The van der Waals surface area contributed by atoms with Crippen molar-refractivity contribution >= 4 is 16.7 Å². The Balaban J connectivity index is 2.22. The lowest BCUT2D eigenvalue weighted by Gasteiger charge is -2.07. The van der Waals surface area contributed by atoms with Gasteiger partial charge in [0.2, 0.25) is 0 Å². The molecule has 3 nitrogen and oxygen atoms in total. The third-order valence-corrected chi connectivity index (χ3v) is 3.30. The van der Waals surface area contributed by atoms with Crippen LogP contribution in [-0.4, -0.2) is 10.2 Å². The van der Waals surface area contributed by atoms with Crippen LogP contribution in [0.2, 0.25) is 0 Å². The van der Waals surface area contributed by atoms with Gasteiger partial charge in [-0.15, -0.1) is 0 Å². The summed E-state index contributed by atoms with van der Waals surface area (Å²) in [5.41, 5.74) is 11.7. The summed E-state index contributed by atoms with van der Waals surface area (Å²) in [5.74, 6) is 0.553. The van der Waals surface area contributed by atoms with Crippen molar-refractivity contribution in [1.82, 2.24) is 10.2 Å². The molecule has 0 unspecified atom stereocenters. The topological polar surface area (TPSA) is 54.7 Å². The Bertz CT molecular complexity index is 726. The molecule has 0 spiro atoms. The molecule has 1 heterocycles. The van der Waals surface area contributed by atoms with Gasteiger partial charge in [0.15, 0.2) is 5.82 Å². The van der Waals surface area contributed by atoms with E-state index in [2.05, 4.69) is 54.4 Å². The maximum absolute atomic E-state index is 5.78. The van der Waals surface area contributed by atoms with Crippen molar-refractivity contribution in [2.45, 2.75) is 13.8 Å². The minimum absolute atomic E-state index is 0.553. The molecule has 90 valence electrons. The van der Waals surface area contributed by atoms with Crippen LogP contribution in [0.25, 0.3) is 22.0 Å². The molecular weight excluding hydrogens is 222 g/mol. The second kappa shape index (κ2) is 3.88. The first-order valence-electron chi connectivity index (χ1n) is 5.96. The molecule has 0 bridgehead atoms. The number of aromatic nitrogens is 2. The Morgan fingerprint density at radius 2 is 1.89 bits per heavy atom. The van der Waals surface area contributed by atoms with Gasteiger partial charge in [-0.1, -0.05) is 29.8 Å². The fourth-order valence-electron chi connectivity index (χ4n) is 2.26. The summed E-state index contributed by atoms with van der Waals surface area (Å²) >= 11 is 0. The van der Waals surface area contributed by atoms with Crippen molar-refractivity contribution in [3.8, 4) is 11.1 Å². The first-order chi connectivity index (χ1) is 8.65. The summed E-state index contributed by atoms with van der Waals surface area (Å²) in [6.45, 7) is 4.23. The highest BCUT2D eigenvalue weighted by Gasteiger charge is 2.06. The fourth-order valence-corrected chi connectivity index (χ4v) is 2.26. The number of hydrogen-bond acceptors (Lipinski definition) is 2. The van der Waals surface area contributed by atoms with Crippen molar-refractivity contribution in [2.24, 2.45) is 0 Å². The second-order valence-electron chi connectivity index (χ2n) is 4.69. The molecule has 3 rings (SSSR count). The fraction of sp³-hybridized carbons (Fsp3) is 0.133. The minimum Gasteiger partial charge on any atom is -0.382 e. The van der Waals surface area contributed by atoms with E-state index in [1.54, 1.807) is 0 Å². The van der Waals surface area contributed by atoms with Crippen molar-refractivity contribution in [3.63, 3.8) is 0 Å². The first kappa shape index (κ1) is 10.8. The van der Waals surface area contributed by atoms with Crippen LogP contribution in [0.5, 0.6) is 0 Å². The van der Waals surface area contributed by atoms with Gasteiger partial charge in [0, 0.05) is 5.39 Å². The lowest BCUT2D eigenvalue weighted by molar-refractivity contribution is 1.13. The van der Waals surface area contributed by atoms with E-state index in [4.69, 9.17) is 5.73 Å². The zero-order chi connectivity index (χ0) is 12.7. The monoisotopic (exact) mass is 237 g/mol. The average Bonchev–Trinajstić information content (AvgIpc) is 2.74. The van der Waals surface area contributed by atoms with Gasteiger partial charge in [0.25, 0.3) is 0 Å². The van der Waals surface area contributed by atoms with Crippen LogP contribution in [0.15, 0.2) is 36.4 Å². The van der Waals surface area contributed by atoms with Gasteiger partial charge in [-0.3, -0.25) is 5.10 Å². The normalized spacial score (nSPS) is 11.0. The Morgan fingerprint density at radius 3 is 2.72 bits per heavy atom. The largest absolute Gasteiger partial charge is 0.382 e. The summed E-state index contributed by atoms with van der Waals surface area (Å²) < 4.78 is 0. The molecule has 18 heavy (non-hydrogen) atoms. The molecule has 0 amide bonds. The van der Waals surface area contributed by atoms with Crippen LogP contribution in [0, 0.1) is 13.8 Å². The number of aromatic amines is 1. The molecule has 3 N–H and O–H groups in total. The third-order valence-electron chi connectivity index (χ3n) is 3.30. The summed E-state index contributed by atoms with van der Waals surface area (Å²) in [7, 11) is 0. The third kappa shape index (κ3) is 1.64. The van der Waals surface area contributed by atoms with E-state index in [-0.39, 0.29) is 0 Å². The van der Waals surface area contributed by atoms with Crippen LogP contribution >= 0.6 is 0 Å². The molecule has 0 aliphatic carbocycles. The van der Waals surface area contributed by atoms with Crippen LogP contribution in [0.3, 0.4) is 0 Å². The standard InChI is InChI=1S/C15H15N3/c1-9-3-4-10(2)13(7-9)11-5-6-12-14(8-11)17-18-15(12)16/h3-8H,1-2H3,(H3,16,17,18). The zero-order valence-corrected chi connectivity index (χ0v) is 10.5. The molecule has 0 fully saturated rings. The summed E-state index contributed by atoms with van der Waals surface area (Å²) in [4.78, 5) is 0. The van der Waals surface area contributed by atoms with E-state index in [1.165, 1.54) is 22.3 Å². The molecule has 0 aliphatic rings. The quantitative estimate of drug-likeness (QED) is 0.681. The Hall–Kier alpha value is -2.29. The van der Waals surface area contributed by atoms with E-state index in [9.17, 15) is 0 Å². The van der Waals surface area contributed by atoms with E-state index in [0.717, 1.165) is 10.9 Å². The number of anilines is 1. The maximum Gasteiger partial charge on any atom is 0.153 e. The molecule has 2 aromatic carbocycles. The number of fused-ring (bicyclic) bond motifs is 1. The Morgan fingerprint density at radius 1 is 1.06 bits per heavy atom. The lowest BCUT2D eigenvalue weighted by atomic mass is 9.98. The molecule has 0 atom stereocenters. The predicted molar refractivity (Wildman–Crippen MR) is 75.4 cm³/mol. The van der Waals surface area contributed by atoms with Crippen LogP contribution in [-0.2, 0) is 0 Å². The van der Waals surface area contributed by atoms with Crippen molar-refractivity contribution in [1.29, 1.82) is 0 Å². The number of aryl methyl sites for hydroxylation is 2. The zero-order valence-electron chi connectivity index (χ0n) is 10.5. The Kier molecular flexibility index (Phi) is 2.33. The average molecular weight is 237 g/mol. The second-order valence-corrected chi connectivity index (χ2v) is 4.69. The Labute approximate surface area is 106 Å². The lowest BCUT2D eigenvalue weighted by Crippen LogP contribution is -1.86. The number of rotatable bonds is 1. The highest BCUT2D eigenvalue weighted by Crippen LogP contribution is 2.28. The van der Waals surface area contributed by atoms with E-state index in [1.807, 2.05) is 6.07 Å². The number of nitrogen functional groups attached to an aromatic ring is 1. The summed E-state index contributed by atoms with van der Waals surface area (Å²) in [5, 5.41) is 7.96. The van der Waals surface area contributed by atoms with Gasteiger partial charge in [-0.25, -0.2) is 0 Å². The molecule has 0 radical (unpaired) electrons. The van der Waals surface area contributed by atoms with E-state index in [0.29, 0.717) is 5.82 Å². The van der Waals surface area contributed by atoms with Gasteiger partial charge in [0.1, 0.15) is 0 Å². The van der Waals surface area contributed by atoms with E-state index >= 15 is 0 Å². The highest BCUT2D eigenvalue weighted by atomic mass is 15.1. The van der Waals surface area contributed by atoms with Crippen molar-refractivity contribution in [3.05, 3.63) is 47.5 Å². The van der Waals surface area contributed by atoms with Crippen LogP contribution in [0.4, 0.5) is 5.82 Å². The number of nitrogens with zero attached hydrogens (tertiary/aromatic N) is 1. The smallest absolute Gasteiger partial charge is 0.153 e.